The van der Waals surface area contributed by atoms with E-state index in [-0.39, 0.29) is 0 Å². The molecule has 122 valence electrons. The van der Waals surface area contributed by atoms with Crippen LogP contribution in [-0.2, 0) is 6.54 Å². The number of anilines is 1. The van der Waals surface area contributed by atoms with Crippen molar-refractivity contribution in [1.82, 2.24) is 15.0 Å². The van der Waals surface area contributed by atoms with Gasteiger partial charge in [-0.2, -0.15) is 0 Å². The highest BCUT2D eigenvalue weighted by Crippen LogP contribution is 2.32. The topological polar surface area (TPSA) is 50.7 Å². The molecular weight excluding hydrogens is 308 g/mol. The Morgan fingerprint density at radius 3 is 2.48 bits per heavy atom. The second-order valence-electron chi connectivity index (χ2n) is 5.86. The number of nitrogens with zero attached hydrogens (tertiary/aromatic N) is 3. The van der Waals surface area contributed by atoms with Gasteiger partial charge in [-0.3, -0.25) is 4.98 Å². The van der Waals surface area contributed by atoms with Crippen LogP contribution in [0.4, 0.5) is 5.82 Å². The number of nitrogens with one attached hydrogen (secondary N) is 1. The second-order valence-corrected chi connectivity index (χ2v) is 5.86. The summed E-state index contributed by atoms with van der Waals surface area (Å²) >= 11 is 0. The maximum atomic E-state index is 4.65. The van der Waals surface area contributed by atoms with Crippen LogP contribution in [-0.4, -0.2) is 15.0 Å². The van der Waals surface area contributed by atoms with Gasteiger partial charge in [0.2, 0.25) is 0 Å². The number of aromatic nitrogens is 3. The first-order valence-corrected chi connectivity index (χ1v) is 8.28. The van der Waals surface area contributed by atoms with Crippen LogP contribution in [0.25, 0.3) is 22.0 Å². The fourth-order valence-electron chi connectivity index (χ4n) is 2.96. The van der Waals surface area contributed by atoms with E-state index in [1.807, 2.05) is 55.5 Å². The van der Waals surface area contributed by atoms with E-state index in [2.05, 4.69) is 38.5 Å². The van der Waals surface area contributed by atoms with Crippen molar-refractivity contribution in [3.05, 3.63) is 84.4 Å². The van der Waals surface area contributed by atoms with E-state index in [1.165, 1.54) is 0 Å². The Balaban J connectivity index is 1.82. The third kappa shape index (κ3) is 3.19. The summed E-state index contributed by atoms with van der Waals surface area (Å²) in [6.45, 7) is 2.54. The van der Waals surface area contributed by atoms with Crippen molar-refractivity contribution in [1.29, 1.82) is 0 Å². The lowest BCUT2D eigenvalue weighted by Gasteiger charge is -2.13. The number of fused-ring (bicyclic) bond motifs is 1. The lowest BCUT2D eigenvalue weighted by molar-refractivity contribution is 1.01. The van der Waals surface area contributed by atoms with Crippen LogP contribution in [0.15, 0.2) is 72.9 Å². The summed E-state index contributed by atoms with van der Waals surface area (Å²) in [6, 6.07) is 22.4. The molecule has 0 amide bonds. The van der Waals surface area contributed by atoms with E-state index in [1.54, 1.807) is 6.20 Å². The van der Waals surface area contributed by atoms with E-state index >= 15 is 0 Å². The van der Waals surface area contributed by atoms with E-state index < -0.39 is 0 Å². The van der Waals surface area contributed by atoms with Gasteiger partial charge in [0.05, 0.1) is 23.1 Å². The number of benzene rings is 2. The predicted molar refractivity (Wildman–Crippen MR) is 101 cm³/mol. The monoisotopic (exact) mass is 326 g/mol. The highest BCUT2D eigenvalue weighted by Gasteiger charge is 2.11. The summed E-state index contributed by atoms with van der Waals surface area (Å²) < 4.78 is 0. The van der Waals surface area contributed by atoms with Gasteiger partial charge in [-0.1, -0.05) is 48.5 Å². The van der Waals surface area contributed by atoms with E-state index in [4.69, 9.17) is 0 Å². The van der Waals surface area contributed by atoms with Crippen LogP contribution in [0.3, 0.4) is 0 Å². The Labute approximate surface area is 146 Å². The molecule has 2 aromatic heterocycles. The molecule has 2 heterocycles. The van der Waals surface area contributed by atoms with Gasteiger partial charge in [0, 0.05) is 6.20 Å². The van der Waals surface area contributed by atoms with E-state index in [0.717, 1.165) is 39.4 Å². The fraction of sp³-hybridized carbons (Fsp3) is 0.0952. The van der Waals surface area contributed by atoms with Crippen molar-refractivity contribution in [3.8, 4) is 11.1 Å². The first kappa shape index (κ1) is 15.3. The molecule has 0 atom stereocenters. The summed E-state index contributed by atoms with van der Waals surface area (Å²) in [6.07, 6.45) is 1.80. The molecule has 2 aromatic carbocycles. The maximum Gasteiger partial charge on any atom is 0.138 e. The van der Waals surface area contributed by atoms with Gasteiger partial charge in [0.1, 0.15) is 11.6 Å². The first-order valence-electron chi connectivity index (χ1n) is 8.28. The van der Waals surface area contributed by atoms with E-state index in [9.17, 15) is 0 Å². The molecular formula is C21H18N4. The van der Waals surface area contributed by atoms with Gasteiger partial charge in [-0.15, -0.1) is 0 Å². The number of aryl methyl sites for hydroxylation is 1. The van der Waals surface area contributed by atoms with Crippen molar-refractivity contribution >= 4 is 16.7 Å². The Kier molecular flexibility index (Phi) is 4.09. The van der Waals surface area contributed by atoms with Gasteiger partial charge in [-0.05, 0) is 36.2 Å². The minimum Gasteiger partial charge on any atom is -0.364 e. The van der Waals surface area contributed by atoms with Gasteiger partial charge in [0.15, 0.2) is 0 Å². The van der Waals surface area contributed by atoms with Gasteiger partial charge >= 0.3 is 0 Å². The number of hydrogen-bond donors (Lipinski definition) is 1. The van der Waals surface area contributed by atoms with Gasteiger partial charge < -0.3 is 5.32 Å². The van der Waals surface area contributed by atoms with Crippen LogP contribution in [0.5, 0.6) is 0 Å². The van der Waals surface area contributed by atoms with Crippen molar-refractivity contribution in [2.24, 2.45) is 0 Å². The zero-order valence-electron chi connectivity index (χ0n) is 14.0. The Hall–Kier alpha value is -3.27. The maximum absolute atomic E-state index is 4.65. The van der Waals surface area contributed by atoms with Crippen LogP contribution in [0.2, 0.25) is 0 Å². The molecule has 0 saturated carbocycles. The smallest absolute Gasteiger partial charge is 0.138 e. The second kappa shape index (κ2) is 6.69. The first-order chi connectivity index (χ1) is 12.3. The molecule has 1 N–H and O–H groups in total. The molecule has 4 nitrogen and oxygen atoms in total. The number of pyridine rings is 1. The largest absolute Gasteiger partial charge is 0.364 e. The predicted octanol–water partition coefficient (Wildman–Crippen LogP) is 4.61. The Morgan fingerprint density at radius 2 is 1.68 bits per heavy atom. The highest BCUT2D eigenvalue weighted by atomic mass is 15.0. The molecule has 4 heteroatoms. The average molecular weight is 326 g/mol. The standard InChI is InChI=1S/C21H18N4/c1-15-24-19-12-7-11-18(16-8-3-2-4-9-16)20(19)21(25-15)23-14-17-10-5-6-13-22-17/h2-13H,14H2,1H3,(H,23,24,25). The zero-order valence-corrected chi connectivity index (χ0v) is 14.0. The van der Waals surface area contributed by atoms with Crippen molar-refractivity contribution in [3.63, 3.8) is 0 Å². The Morgan fingerprint density at radius 1 is 0.840 bits per heavy atom. The van der Waals surface area contributed by atoms with Gasteiger partial charge in [-0.25, -0.2) is 9.97 Å². The molecule has 4 rings (SSSR count). The minimum absolute atomic E-state index is 0.621. The van der Waals surface area contributed by atoms with Crippen LogP contribution < -0.4 is 5.32 Å². The van der Waals surface area contributed by atoms with Crippen LogP contribution >= 0.6 is 0 Å². The average Bonchev–Trinajstić information content (AvgIpc) is 2.67. The summed E-state index contributed by atoms with van der Waals surface area (Å²) in [4.78, 5) is 13.6. The van der Waals surface area contributed by atoms with Crippen molar-refractivity contribution in [2.45, 2.75) is 13.5 Å². The zero-order chi connectivity index (χ0) is 17.1. The third-order valence-electron chi connectivity index (χ3n) is 4.08. The molecule has 0 spiro atoms. The SMILES string of the molecule is Cc1nc(NCc2ccccn2)c2c(-c3ccccc3)cccc2n1. The molecule has 0 unspecified atom stereocenters. The van der Waals surface area contributed by atoms with E-state index in [0.29, 0.717) is 6.54 Å². The highest BCUT2D eigenvalue weighted by molar-refractivity contribution is 6.01. The quantitative estimate of drug-likeness (QED) is 0.595. The van der Waals surface area contributed by atoms with Crippen LogP contribution in [0, 0.1) is 6.92 Å². The van der Waals surface area contributed by atoms with Gasteiger partial charge in [0.25, 0.3) is 0 Å². The molecule has 0 saturated heterocycles. The summed E-state index contributed by atoms with van der Waals surface area (Å²) in [5.74, 6) is 1.59. The number of hydrogen-bond acceptors (Lipinski definition) is 4. The molecule has 0 aliphatic carbocycles. The normalized spacial score (nSPS) is 10.8. The fourth-order valence-corrected chi connectivity index (χ4v) is 2.96. The molecule has 0 aliphatic heterocycles. The third-order valence-corrected chi connectivity index (χ3v) is 4.08. The molecule has 0 fully saturated rings. The molecule has 4 aromatic rings. The van der Waals surface area contributed by atoms with Crippen molar-refractivity contribution in [2.75, 3.05) is 5.32 Å². The summed E-state index contributed by atoms with van der Waals surface area (Å²) in [5.41, 5.74) is 4.20. The minimum atomic E-state index is 0.621. The molecule has 0 aliphatic rings. The molecule has 25 heavy (non-hydrogen) atoms. The Bertz CT molecular complexity index is 998. The summed E-state index contributed by atoms with van der Waals surface area (Å²) in [7, 11) is 0. The molecule has 0 bridgehead atoms. The lowest BCUT2D eigenvalue weighted by Crippen LogP contribution is -2.06. The van der Waals surface area contributed by atoms with Crippen LogP contribution in [0.1, 0.15) is 11.5 Å². The van der Waals surface area contributed by atoms with Crippen molar-refractivity contribution < 1.29 is 0 Å². The number of rotatable bonds is 4. The summed E-state index contributed by atoms with van der Waals surface area (Å²) in [5, 5.41) is 4.48. The lowest BCUT2D eigenvalue weighted by atomic mass is 10.0. The molecule has 0 radical (unpaired) electrons.